The zero-order chi connectivity index (χ0) is 23.1. The van der Waals surface area contributed by atoms with E-state index in [1.165, 1.54) is 13.8 Å². The lowest BCUT2D eigenvalue weighted by molar-refractivity contribution is -0.121. The van der Waals surface area contributed by atoms with Crippen molar-refractivity contribution >= 4 is 40.7 Å². The Morgan fingerprint density at radius 1 is 1.06 bits per heavy atom. The Kier molecular flexibility index (Phi) is 7.84. The fourth-order valence-electron chi connectivity index (χ4n) is 3.96. The first-order valence-corrected chi connectivity index (χ1v) is 11.1. The molecule has 32 heavy (non-hydrogen) atoms. The van der Waals surface area contributed by atoms with E-state index >= 15 is 0 Å². The summed E-state index contributed by atoms with van der Waals surface area (Å²) in [6.45, 7) is 2.89. The predicted molar refractivity (Wildman–Crippen MR) is 120 cm³/mol. The van der Waals surface area contributed by atoms with Gasteiger partial charge in [0.25, 0.3) is 0 Å². The van der Waals surface area contributed by atoms with Crippen molar-refractivity contribution in [3.05, 3.63) is 34.9 Å². The number of amides is 3. The monoisotopic (exact) mass is 461 g/mol. The molecule has 1 aliphatic carbocycles. The zero-order valence-corrected chi connectivity index (χ0v) is 19.1. The Morgan fingerprint density at radius 3 is 2.44 bits per heavy atom. The Labute approximate surface area is 191 Å². The van der Waals surface area contributed by atoms with Crippen LogP contribution in [0.15, 0.2) is 22.7 Å². The van der Waals surface area contributed by atoms with Gasteiger partial charge in [-0.25, -0.2) is 0 Å². The molecular weight excluding hydrogens is 434 g/mol. The molecule has 0 spiro atoms. The molecule has 10 heteroatoms. The molecule has 3 N–H and O–H groups in total. The fourth-order valence-corrected chi connectivity index (χ4v) is 4.12. The van der Waals surface area contributed by atoms with Crippen LogP contribution in [-0.4, -0.2) is 27.9 Å². The van der Waals surface area contributed by atoms with Gasteiger partial charge < -0.3 is 20.5 Å². The van der Waals surface area contributed by atoms with Crippen LogP contribution in [0.1, 0.15) is 70.5 Å². The van der Waals surface area contributed by atoms with Crippen LogP contribution in [0.25, 0.3) is 0 Å². The van der Waals surface area contributed by atoms with Gasteiger partial charge in [-0.2, -0.15) is 4.98 Å². The molecule has 1 aromatic heterocycles. The summed E-state index contributed by atoms with van der Waals surface area (Å²) in [4.78, 5) is 40.0. The maximum atomic E-state index is 12.4. The van der Waals surface area contributed by atoms with E-state index in [0.717, 1.165) is 38.5 Å². The zero-order valence-electron chi connectivity index (χ0n) is 18.3. The van der Waals surface area contributed by atoms with Crippen LogP contribution in [0.2, 0.25) is 5.02 Å². The van der Waals surface area contributed by atoms with E-state index in [-0.39, 0.29) is 30.6 Å². The molecule has 0 saturated heterocycles. The number of nitrogens with zero attached hydrogens (tertiary/aromatic N) is 2. The molecule has 1 saturated carbocycles. The predicted octanol–water partition coefficient (Wildman–Crippen LogP) is 3.94. The molecule has 3 amide bonds. The molecule has 0 radical (unpaired) electrons. The summed E-state index contributed by atoms with van der Waals surface area (Å²) in [5.74, 6) is 0.175. The van der Waals surface area contributed by atoms with Gasteiger partial charge in [0, 0.05) is 32.4 Å². The first-order valence-electron chi connectivity index (χ1n) is 10.8. The SMILES string of the molecule is CC(=O)Nc1ccc(Cl)c(NC(=O)CCc2nc(C3(NC(C)=O)CCCCCC3)no2)c1. The van der Waals surface area contributed by atoms with E-state index < -0.39 is 5.54 Å². The first-order chi connectivity index (χ1) is 15.3. The summed E-state index contributed by atoms with van der Waals surface area (Å²) in [6.07, 6.45) is 6.05. The highest BCUT2D eigenvalue weighted by molar-refractivity contribution is 6.33. The van der Waals surface area contributed by atoms with Gasteiger partial charge >= 0.3 is 0 Å². The maximum Gasteiger partial charge on any atom is 0.227 e. The van der Waals surface area contributed by atoms with Crippen molar-refractivity contribution in [3.8, 4) is 0 Å². The van der Waals surface area contributed by atoms with E-state index in [2.05, 4.69) is 26.1 Å². The Hall–Kier alpha value is -2.94. The lowest BCUT2D eigenvalue weighted by Gasteiger charge is -2.30. The highest BCUT2D eigenvalue weighted by Crippen LogP contribution is 2.34. The first kappa shape index (κ1) is 23.7. The van der Waals surface area contributed by atoms with Gasteiger partial charge in [-0.05, 0) is 31.0 Å². The van der Waals surface area contributed by atoms with Crippen molar-refractivity contribution in [1.29, 1.82) is 0 Å². The summed E-state index contributed by atoms with van der Waals surface area (Å²) < 4.78 is 5.39. The van der Waals surface area contributed by atoms with Gasteiger partial charge in [-0.15, -0.1) is 0 Å². The molecule has 0 aliphatic heterocycles. The van der Waals surface area contributed by atoms with Gasteiger partial charge in [0.2, 0.25) is 23.6 Å². The Morgan fingerprint density at radius 2 is 1.78 bits per heavy atom. The second kappa shape index (κ2) is 10.6. The molecular formula is C22H28ClN5O4. The number of rotatable bonds is 7. The van der Waals surface area contributed by atoms with Crippen molar-refractivity contribution in [2.45, 2.75) is 70.8 Å². The third-order valence-electron chi connectivity index (χ3n) is 5.40. The van der Waals surface area contributed by atoms with Crippen molar-refractivity contribution in [2.24, 2.45) is 0 Å². The highest BCUT2D eigenvalue weighted by Gasteiger charge is 2.38. The summed E-state index contributed by atoms with van der Waals surface area (Å²) in [7, 11) is 0. The molecule has 1 aliphatic rings. The average molecular weight is 462 g/mol. The Bertz CT molecular complexity index is 982. The number of nitrogens with one attached hydrogen (secondary N) is 3. The minimum Gasteiger partial charge on any atom is -0.343 e. The standard InChI is InChI=1S/C22H28ClN5O4/c1-14(29)24-16-7-8-17(23)18(13-16)25-19(31)9-10-20-26-21(28-32-20)22(27-15(2)30)11-5-3-4-6-12-22/h7-8,13H,3-6,9-12H2,1-2H3,(H,24,29)(H,25,31)(H,27,30). The number of hydrogen-bond donors (Lipinski definition) is 3. The number of aromatic nitrogens is 2. The quantitative estimate of drug-likeness (QED) is 0.536. The number of aryl methyl sites for hydroxylation is 1. The average Bonchev–Trinajstić information content (AvgIpc) is 3.08. The van der Waals surface area contributed by atoms with Crippen molar-refractivity contribution in [2.75, 3.05) is 10.6 Å². The van der Waals surface area contributed by atoms with Gasteiger partial charge in [-0.3, -0.25) is 14.4 Å². The number of carbonyl (C=O) groups excluding carboxylic acids is 3. The smallest absolute Gasteiger partial charge is 0.227 e. The second-order valence-corrected chi connectivity index (χ2v) is 8.52. The van der Waals surface area contributed by atoms with Gasteiger partial charge in [0.05, 0.1) is 10.7 Å². The van der Waals surface area contributed by atoms with E-state index in [9.17, 15) is 14.4 Å². The van der Waals surface area contributed by atoms with E-state index in [0.29, 0.717) is 28.1 Å². The van der Waals surface area contributed by atoms with Crippen molar-refractivity contribution in [1.82, 2.24) is 15.5 Å². The van der Waals surface area contributed by atoms with Crippen LogP contribution in [0, 0.1) is 0 Å². The van der Waals surface area contributed by atoms with Gasteiger partial charge in [-0.1, -0.05) is 42.4 Å². The van der Waals surface area contributed by atoms with Gasteiger partial charge in [0.15, 0.2) is 5.82 Å². The fraction of sp³-hybridized carbons (Fsp3) is 0.500. The van der Waals surface area contributed by atoms with Crippen LogP contribution in [0.3, 0.4) is 0 Å². The van der Waals surface area contributed by atoms with Crippen LogP contribution in [0.4, 0.5) is 11.4 Å². The van der Waals surface area contributed by atoms with Crippen molar-refractivity contribution in [3.63, 3.8) is 0 Å². The lowest BCUT2D eigenvalue weighted by Crippen LogP contribution is -2.45. The normalized spacial score (nSPS) is 15.5. The number of carbonyl (C=O) groups is 3. The topological polar surface area (TPSA) is 126 Å². The van der Waals surface area contributed by atoms with Crippen LogP contribution in [0.5, 0.6) is 0 Å². The van der Waals surface area contributed by atoms with Crippen LogP contribution < -0.4 is 16.0 Å². The summed E-state index contributed by atoms with van der Waals surface area (Å²) in [5.41, 5.74) is 0.312. The Balaban J connectivity index is 1.64. The molecule has 0 unspecified atom stereocenters. The summed E-state index contributed by atoms with van der Waals surface area (Å²) >= 11 is 6.15. The van der Waals surface area contributed by atoms with E-state index in [4.69, 9.17) is 16.1 Å². The number of hydrogen-bond acceptors (Lipinski definition) is 6. The minimum absolute atomic E-state index is 0.107. The molecule has 9 nitrogen and oxygen atoms in total. The van der Waals surface area contributed by atoms with Gasteiger partial charge in [0.1, 0.15) is 5.54 Å². The number of anilines is 2. The van der Waals surface area contributed by atoms with Crippen LogP contribution >= 0.6 is 11.6 Å². The third kappa shape index (κ3) is 6.29. The summed E-state index contributed by atoms with van der Waals surface area (Å²) in [5, 5.41) is 12.9. The third-order valence-corrected chi connectivity index (χ3v) is 5.72. The molecule has 0 bridgehead atoms. The second-order valence-electron chi connectivity index (χ2n) is 8.11. The van der Waals surface area contributed by atoms with E-state index in [1.54, 1.807) is 18.2 Å². The molecule has 1 fully saturated rings. The number of halogens is 1. The van der Waals surface area contributed by atoms with Crippen LogP contribution in [-0.2, 0) is 26.3 Å². The molecule has 2 aromatic rings. The largest absolute Gasteiger partial charge is 0.343 e. The molecule has 172 valence electrons. The van der Waals surface area contributed by atoms with Crippen molar-refractivity contribution < 1.29 is 18.9 Å². The molecule has 3 rings (SSSR count). The highest BCUT2D eigenvalue weighted by atomic mass is 35.5. The minimum atomic E-state index is -0.621. The summed E-state index contributed by atoms with van der Waals surface area (Å²) in [6, 6.07) is 4.84. The van der Waals surface area contributed by atoms with E-state index in [1.807, 2.05) is 0 Å². The molecule has 0 atom stereocenters. The maximum absolute atomic E-state index is 12.4. The molecule has 1 aromatic carbocycles. The number of benzene rings is 1. The lowest BCUT2D eigenvalue weighted by atomic mass is 9.89. The molecule has 1 heterocycles.